The molecule has 4 amide bonds. The van der Waals surface area contributed by atoms with Crippen LogP contribution in [0.25, 0.3) is 0 Å². The third-order valence-electron chi connectivity index (χ3n) is 6.79. The molecule has 0 bridgehead atoms. The van der Waals surface area contributed by atoms with Crippen LogP contribution in [0.4, 0.5) is 4.79 Å². The van der Waals surface area contributed by atoms with Crippen molar-refractivity contribution in [3.8, 4) is 0 Å². The molecular weight excluding hydrogens is 520 g/mol. The largest absolute Gasteiger partial charge is 0.444 e. The van der Waals surface area contributed by atoms with Gasteiger partial charge in [-0.25, -0.2) is 4.79 Å². The summed E-state index contributed by atoms with van der Waals surface area (Å²) in [7, 11) is 0. The van der Waals surface area contributed by atoms with E-state index in [1.807, 2.05) is 32.0 Å². The second-order valence-corrected chi connectivity index (χ2v) is 11.9. The topological polar surface area (TPSA) is 131 Å². The molecule has 2 atom stereocenters. The van der Waals surface area contributed by atoms with E-state index in [1.54, 1.807) is 20.8 Å². The standard InChI is InChI=1S/C32H54N4O5/c1-8-10-12-13-14-16-20-36(30(39)26(22-27(33)37)35-31(40)41-32(5,6)7)28(29(38)34-19-15-11-9-2)25-18-17-23(3)21-24(25)4/h17-18,21,26,28H,8-16,19-20,22H2,1-7H3,(H2,33,37)(H,34,38)(H,35,40). The van der Waals surface area contributed by atoms with Gasteiger partial charge in [0.1, 0.15) is 17.7 Å². The molecule has 9 nitrogen and oxygen atoms in total. The van der Waals surface area contributed by atoms with E-state index in [9.17, 15) is 19.2 Å². The highest BCUT2D eigenvalue weighted by Crippen LogP contribution is 2.27. The van der Waals surface area contributed by atoms with Crippen molar-refractivity contribution in [2.24, 2.45) is 5.73 Å². The number of carbonyl (C=O) groups is 4. The Labute approximate surface area is 247 Å². The number of hydrogen-bond acceptors (Lipinski definition) is 5. The zero-order chi connectivity index (χ0) is 31.0. The molecule has 0 saturated heterocycles. The number of primary amides is 1. The Morgan fingerprint density at radius 2 is 1.54 bits per heavy atom. The number of alkyl carbamates (subject to hydrolysis) is 1. The van der Waals surface area contributed by atoms with Gasteiger partial charge >= 0.3 is 6.09 Å². The molecule has 2 unspecified atom stereocenters. The Morgan fingerprint density at radius 3 is 2.12 bits per heavy atom. The molecule has 0 aliphatic carbocycles. The maximum atomic E-state index is 14.2. The van der Waals surface area contributed by atoms with Crippen LogP contribution in [0, 0.1) is 13.8 Å². The first-order chi connectivity index (χ1) is 19.3. The fourth-order valence-corrected chi connectivity index (χ4v) is 4.75. The average molecular weight is 575 g/mol. The highest BCUT2D eigenvalue weighted by molar-refractivity contribution is 5.94. The van der Waals surface area contributed by atoms with Crippen molar-refractivity contribution in [3.63, 3.8) is 0 Å². The Kier molecular flexibility index (Phi) is 16.1. The van der Waals surface area contributed by atoms with Gasteiger partial charge in [-0.05, 0) is 58.6 Å². The van der Waals surface area contributed by atoms with Gasteiger partial charge < -0.3 is 26.0 Å². The molecule has 1 rings (SSSR count). The van der Waals surface area contributed by atoms with Crippen LogP contribution < -0.4 is 16.4 Å². The van der Waals surface area contributed by atoms with E-state index < -0.39 is 42.0 Å². The van der Waals surface area contributed by atoms with Crippen molar-refractivity contribution < 1.29 is 23.9 Å². The number of ether oxygens (including phenoxy) is 1. The summed E-state index contributed by atoms with van der Waals surface area (Å²) >= 11 is 0. The van der Waals surface area contributed by atoms with E-state index in [0.717, 1.165) is 62.5 Å². The molecule has 0 saturated carbocycles. The SMILES string of the molecule is CCCCCCCCN(C(=O)C(CC(N)=O)NC(=O)OC(C)(C)C)C(C(=O)NCCCCC)c1ccc(C)cc1C. The quantitative estimate of drug-likeness (QED) is 0.196. The van der Waals surface area contributed by atoms with Crippen LogP contribution in [0.1, 0.15) is 122 Å². The van der Waals surface area contributed by atoms with Crippen molar-refractivity contribution >= 4 is 23.8 Å². The van der Waals surface area contributed by atoms with Crippen molar-refractivity contribution in [2.75, 3.05) is 13.1 Å². The van der Waals surface area contributed by atoms with E-state index in [-0.39, 0.29) is 12.5 Å². The number of carbonyl (C=O) groups excluding carboxylic acids is 4. The number of nitrogens with one attached hydrogen (secondary N) is 2. The molecule has 0 aliphatic heterocycles. The van der Waals surface area contributed by atoms with Crippen LogP contribution in [0.5, 0.6) is 0 Å². The number of amides is 4. The molecule has 0 aliphatic rings. The van der Waals surface area contributed by atoms with Gasteiger partial charge in [0.05, 0.1) is 6.42 Å². The molecule has 0 spiro atoms. The lowest BCUT2D eigenvalue weighted by Gasteiger charge is -2.35. The van der Waals surface area contributed by atoms with Crippen LogP contribution in [-0.2, 0) is 19.1 Å². The van der Waals surface area contributed by atoms with E-state index in [2.05, 4.69) is 24.5 Å². The first kappa shape index (κ1) is 35.9. The van der Waals surface area contributed by atoms with Gasteiger partial charge in [-0.15, -0.1) is 0 Å². The van der Waals surface area contributed by atoms with Gasteiger partial charge in [0.15, 0.2) is 0 Å². The smallest absolute Gasteiger partial charge is 0.408 e. The van der Waals surface area contributed by atoms with E-state index in [1.165, 1.54) is 4.90 Å². The third kappa shape index (κ3) is 13.9. The summed E-state index contributed by atoms with van der Waals surface area (Å²) in [6, 6.07) is 3.58. The first-order valence-electron chi connectivity index (χ1n) is 15.2. The number of nitrogens with zero attached hydrogens (tertiary/aromatic N) is 1. The maximum Gasteiger partial charge on any atom is 0.408 e. The summed E-state index contributed by atoms with van der Waals surface area (Å²) < 4.78 is 5.36. The Bertz CT molecular complexity index is 989. The Balaban J connectivity index is 3.48. The number of unbranched alkanes of at least 4 members (excludes halogenated alkanes) is 7. The summed E-state index contributed by atoms with van der Waals surface area (Å²) in [6.07, 6.45) is 7.56. The van der Waals surface area contributed by atoms with Crippen LogP contribution in [0.3, 0.4) is 0 Å². The summed E-state index contributed by atoms with van der Waals surface area (Å²) in [5.74, 6) is -1.58. The van der Waals surface area contributed by atoms with E-state index in [4.69, 9.17) is 10.5 Å². The second-order valence-electron chi connectivity index (χ2n) is 11.9. The van der Waals surface area contributed by atoms with Gasteiger partial charge in [-0.3, -0.25) is 14.4 Å². The van der Waals surface area contributed by atoms with Gasteiger partial charge in [-0.2, -0.15) is 0 Å². The summed E-state index contributed by atoms with van der Waals surface area (Å²) in [4.78, 5) is 54.2. The summed E-state index contributed by atoms with van der Waals surface area (Å²) in [6.45, 7) is 14.1. The molecule has 0 aromatic heterocycles. The molecule has 1 aromatic rings. The molecule has 4 N–H and O–H groups in total. The molecule has 232 valence electrons. The maximum absolute atomic E-state index is 14.2. The van der Waals surface area contributed by atoms with Crippen molar-refractivity contribution in [1.29, 1.82) is 0 Å². The van der Waals surface area contributed by atoms with Crippen LogP contribution >= 0.6 is 0 Å². The van der Waals surface area contributed by atoms with E-state index in [0.29, 0.717) is 18.5 Å². The van der Waals surface area contributed by atoms with Gasteiger partial charge in [0.25, 0.3) is 0 Å². The lowest BCUT2D eigenvalue weighted by atomic mass is 9.95. The second kappa shape index (κ2) is 18.4. The van der Waals surface area contributed by atoms with Gasteiger partial charge in [-0.1, -0.05) is 82.6 Å². The van der Waals surface area contributed by atoms with Crippen LogP contribution in [0.15, 0.2) is 18.2 Å². The number of benzene rings is 1. The number of rotatable bonds is 18. The number of hydrogen-bond donors (Lipinski definition) is 3. The van der Waals surface area contributed by atoms with Crippen molar-refractivity contribution in [3.05, 3.63) is 34.9 Å². The van der Waals surface area contributed by atoms with Crippen LogP contribution in [-0.4, -0.2) is 53.4 Å². The molecule has 0 fully saturated rings. The van der Waals surface area contributed by atoms with Crippen molar-refractivity contribution in [1.82, 2.24) is 15.5 Å². The van der Waals surface area contributed by atoms with Gasteiger partial charge in [0.2, 0.25) is 17.7 Å². The average Bonchev–Trinajstić information content (AvgIpc) is 2.86. The molecule has 41 heavy (non-hydrogen) atoms. The highest BCUT2D eigenvalue weighted by atomic mass is 16.6. The number of aryl methyl sites for hydroxylation is 2. The normalized spacial score (nSPS) is 12.8. The molecule has 9 heteroatoms. The fourth-order valence-electron chi connectivity index (χ4n) is 4.75. The zero-order valence-electron chi connectivity index (χ0n) is 26.4. The predicted molar refractivity (Wildman–Crippen MR) is 163 cm³/mol. The lowest BCUT2D eigenvalue weighted by Crippen LogP contribution is -2.54. The molecule has 0 radical (unpaired) electrons. The van der Waals surface area contributed by atoms with E-state index >= 15 is 0 Å². The minimum absolute atomic E-state index is 0.288. The third-order valence-corrected chi connectivity index (χ3v) is 6.79. The molecular formula is C32H54N4O5. The lowest BCUT2D eigenvalue weighted by molar-refractivity contribution is -0.143. The minimum Gasteiger partial charge on any atom is -0.444 e. The Hall–Kier alpha value is -3.10. The van der Waals surface area contributed by atoms with Crippen molar-refractivity contribution in [2.45, 2.75) is 130 Å². The van der Waals surface area contributed by atoms with Gasteiger partial charge in [0, 0.05) is 13.1 Å². The summed E-state index contributed by atoms with van der Waals surface area (Å²) in [5.41, 5.74) is 7.33. The minimum atomic E-state index is -1.27. The van der Waals surface area contributed by atoms with Crippen LogP contribution in [0.2, 0.25) is 0 Å². The fraction of sp³-hybridized carbons (Fsp3) is 0.688. The summed E-state index contributed by atoms with van der Waals surface area (Å²) in [5, 5.41) is 5.57. The zero-order valence-corrected chi connectivity index (χ0v) is 26.4. The molecule has 0 heterocycles. The highest BCUT2D eigenvalue weighted by Gasteiger charge is 2.37. The monoisotopic (exact) mass is 574 g/mol. The Morgan fingerprint density at radius 1 is 0.927 bits per heavy atom. The predicted octanol–water partition coefficient (Wildman–Crippen LogP) is 5.61. The molecule has 1 aromatic carbocycles. The number of nitrogens with two attached hydrogens (primary N) is 1. The first-order valence-corrected chi connectivity index (χ1v) is 15.2.